The average molecular weight is 286 g/mol. The minimum Gasteiger partial charge on any atom is -0.469 e. The van der Waals surface area contributed by atoms with Crippen LogP contribution in [0.2, 0.25) is 10.0 Å². The molecule has 16 heavy (non-hydrogen) atoms. The number of carbonyl (C=O) groups excluding carboxylic acids is 1. The molecule has 0 spiro atoms. The lowest BCUT2D eigenvalue weighted by atomic mass is 10.1. The van der Waals surface area contributed by atoms with Gasteiger partial charge in [-0.1, -0.05) is 23.2 Å². The third-order valence-corrected chi connectivity index (χ3v) is 3.02. The van der Waals surface area contributed by atoms with Gasteiger partial charge in [0.25, 0.3) is 0 Å². The summed E-state index contributed by atoms with van der Waals surface area (Å²) in [7, 11) is 1.22. The number of alkyl halides is 1. The van der Waals surface area contributed by atoms with Crippen molar-refractivity contribution in [3.8, 4) is 0 Å². The Kier molecular flexibility index (Phi) is 4.84. The van der Waals surface area contributed by atoms with E-state index >= 15 is 0 Å². The van der Waals surface area contributed by atoms with Gasteiger partial charge in [-0.15, -0.1) is 11.6 Å². The summed E-state index contributed by atoms with van der Waals surface area (Å²) in [6, 6.07) is 1.33. The summed E-state index contributed by atoms with van der Waals surface area (Å²) in [6.45, 7) is 0. The summed E-state index contributed by atoms with van der Waals surface area (Å²) < 4.78 is 18.1. The minimum absolute atomic E-state index is 0.00703. The third kappa shape index (κ3) is 2.78. The molecule has 0 aliphatic carbocycles. The summed E-state index contributed by atoms with van der Waals surface area (Å²) in [5.74, 6) is -1.25. The quantitative estimate of drug-likeness (QED) is 0.482. The topological polar surface area (TPSA) is 26.3 Å². The molecule has 0 bridgehead atoms. The van der Waals surface area contributed by atoms with Gasteiger partial charge in [0.2, 0.25) is 0 Å². The number of hydrogen-bond acceptors (Lipinski definition) is 2. The number of benzene rings is 1. The highest BCUT2D eigenvalue weighted by atomic mass is 35.5. The predicted molar refractivity (Wildman–Crippen MR) is 61.7 cm³/mol. The Hall–Kier alpha value is -0.510. The van der Waals surface area contributed by atoms with Crippen molar-refractivity contribution < 1.29 is 13.9 Å². The first-order valence-corrected chi connectivity index (χ1v) is 5.58. The van der Waals surface area contributed by atoms with Crippen molar-refractivity contribution in [1.82, 2.24) is 0 Å². The third-order valence-electron chi connectivity index (χ3n) is 2.02. The van der Waals surface area contributed by atoms with Crippen LogP contribution in [0, 0.1) is 5.82 Å². The average Bonchev–Trinajstić information content (AvgIpc) is 2.26. The molecule has 0 aliphatic heterocycles. The molecule has 0 amide bonds. The van der Waals surface area contributed by atoms with Gasteiger partial charge in [0.1, 0.15) is 5.82 Å². The van der Waals surface area contributed by atoms with Crippen molar-refractivity contribution in [2.75, 3.05) is 7.11 Å². The van der Waals surface area contributed by atoms with Gasteiger partial charge in [0.15, 0.2) is 0 Å². The lowest BCUT2D eigenvalue weighted by Gasteiger charge is -2.09. The largest absolute Gasteiger partial charge is 0.469 e. The maximum atomic E-state index is 13.7. The second-order valence-electron chi connectivity index (χ2n) is 3.01. The highest BCUT2D eigenvalue weighted by Gasteiger charge is 2.17. The van der Waals surface area contributed by atoms with E-state index in [1.165, 1.54) is 13.2 Å². The number of esters is 1. The summed E-state index contributed by atoms with van der Waals surface area (Å²) in [6.07, 6.45) is -0.218. The molecular formula is C10H8Cl3FO2. The monoisotopic (exact) mass is 284 g/mol. The van der Waals surface area contributed by atoms with Gasteiger partial charge >= 0.3 is 5.97 Å². The Morgan fingerprint density at radius 1 is 1.50 bits per heavy atom. The lowest BCUT2D eigenvalue weighted by Crippen LogP contribution is -2.07. The van der Waals surface area contributed by atoms with Crippen LogP contribution in [0.15, 0.2) is 6.07 Å². The fourth-order valence-electron chi connectivity index (χ4n) is 1.16. The SMILES string of the molecule is COC(=O)Cc1cc(Cl)c(CCl)c(Cl)c1F. The maximum Gasteiger partial charge on any atom is 0.310 e. The van der Waals surface area contributed by atoms with Crippen LogP contribution >= 0.6 is 34.8 Å². The molecule has 0 unspecified atom stereocenters. The van der Waals surface area contributed by atoms with Crippen LogP contribution in [0.4, 0.5) is 4.39 Å². The molecule has 0 N–H and O–H groups in total. The molecule has 0 saturated carbocycles. The van der Waals surface area contributed by atoms with Crippen molar-refractivity contribution in [2.24, 2.45) is 0 Å². The molecule has 2 nitrogen and oxygen atoms in total. The zero-order chi connectivity index (χ0) is 12.3. The first-order valence-electron chi connectivity index (χ1n) is 4.29. The molecule has 1 aromatic rings. The van der Waals surface area contributed by atoms with Gasteiger partial charge < -0.3 is 4.74 Å². The van der Waals surface area contributed by atoms with Crippen LogP contribution in [0.3, 0.4) is 0 Å². The van der Waals surface area contributed by atoms with Crippen LogP contribution in [0.5, 0.6) is 0 Å². The van der Waals surface area contributed by atoms with E-state index in [1.54, 1.807) is 0 Å². The van der Waals surface area contributed by atoms with Crippen molar-refractivity contribution in [3.05, 3.63) is 33.1 Å². The highest BCUT2D eigenvalue weighted by Crippen LogP contribution is 2.31. The Morgan fingerprint density at radius 3 is 2.62 bits per heavy atom. The minimum atomic E-state index is -0.688. The van der Waals surface area contributed by atoms with Crippen LogP contribution in [0.1, 0.15) is 11.1 Å². The molecular weight excluding hydrogens is 277 g/mol. The summed E-state index contributed by atoms with van der Waals surface area (Å²) in [5.41, 5.74) is 0.409. The number of methoxy groups -OCH3 is 1. The number of halogens is 4. The number of rotatable bonds is 3. The highest BCUT2D eigenvalue weighted by molar-refractivity contribution is 6.37. The second kappa shape index (κ2) is 5.71. The Morgan fingerprint density at radius 2 is 2.12 bits per heavy atom. The summed E-state index contributed by atoms with van der Waals surface area (Å²) in [4.78, 5) is 11.0. The normalized spacial score (nSPS) is 10.3. The second-order valence-corrected chi connectivity index (χ2v) is 4.06. The van der Waals surface area contributed by atoms with Crippen molar-refractivity contribution in [3.63, 3.8) is 0 Å². The molecule has 88 valence electrons. The first kappa shape index (κ1) is 13.6. The van der Waals surface area contributed by atoms with Gasteiger partial charge in [-0.05, 0) is 6.07 Å². The molecule has 0 radical (unpaired) electrons. The molecule has 0 aromatic heterocycles. The molecule has 0 aliphatic rings. The van der Waals surface area contributed by atoms with E-state index in [0.29, 0.717) is 5.56 Å². The molecule has 0 fully saturated rings. The lowest BCUT2D eigenvalue weighted by molar-refractivity contribution is -0.139. The van der Waals surface area contributed by atoms with E-state index in [-0.39, 0.29) is 27.9 Å². The predicted octanol–water partition coefficient (Wildman–Crippen LogP) is 3.59. The first-order chi connectivity index (χ1) is 7.51. The van der Waals surface area contributed by atoms with Gasteiger partial charge in [-0.25, -0.2) is 4.39 Å². The molecule has 0 heterocycles. The zero-order valence-electron chi connectivity index (χ0n) is 8.32. The summed E-state index contributed by atoms with van der Waals surface area (Å²) in [5, 5.41) is 0.0849. The van der Waals surface area contributed by atoms with Crippen molar-refractivity contribution >= 4 is 40.8 Å². The molecule has 1 rings (SSSR count). The van der Waals surface area contributed by atoms with Gasteiger partial charge in [-0.2, -0.15) is 0 Å². The maximum absolute atomic E-state index is 13.7. The Bertz CT molecular complexity index is 421. The Balaban J connectivity index is 3.18. The fraction of sp³-hybridized carbons (Fsp3) is 0.300. The van der Waals surface area contributed by atoms with Crippen LogP contribution in [0.25, 0.3) is 0 Å². The van der Waals surface area contributed by atoms with Crippen LogP contribution in [-0.2, 0) is 21.8 Å². The summed E-state index contributed by atoms with van der Waals surface area (Å²) >= 11 is 17.1. The fourth-order valence-corrected chi connectivity index (χ4v) is 2.21. The van der Waals surface area contributed by atoms with Gasteiger partial charge in [0, 0.05) is 16.1 Å². The number of ether oxygens (including phenoxy) is 1. The smallest absolute Gasteiger partial charge is 0.310 e. The van der Waals surface area contributed by atoms with Gasteiger partial charge in [0.05, 0.1) is 24.4 Å². The zero-order valence-corrected chi connectivity index (χ0v) is 10.6. The van der Waals surface area contributed by atoms with E-state index < -0.39 is 11.8 Å². The standard InChI is InChI=1S/C10H8Cl3FO2/c1-16-8(15)3-5-2-7(12)6(4-11)9(13)10(5)14/h2H,3-4H2,1H3. The molecule has 6 heteroatoms. The van der Waals surface area contributed by atoms with Crippen LogP contribution < -0.4 is 0 Å². The number of hydrogen-bond donors (Lipinski definition) is 0. The van der Waals surface area contributed by atoms with E-state index in [4.69, 9.17) is 34.8 Å². The van der Waals surface area contributed by atoms with E-state index in [2.05, 4.69) is 4.74 Å². The van der Waals surface area contributed by atoms with Crippen LogP contribution in [-0.4, -0.2) is 13.1 Å². The molecule has 0 saturated heterocycles. The van der Waals surface area contributed by atoms with E-state index in [1.807, 2.05) is 0 Å². The number of carbonyl (C=O) groups is 1. The van der Waals surface area contributed by atoms with E-state index in [9.17, 15) is 9.18 Å². The Labute approximate surface area is 107 Å². The van der Waals surface area contributed by atoms with E-state index in [0.717, 1.165) is 0 Å². The van der Waals surface area contributed by atoms with Gasteiger partial charge in [-0.3, -0.25) is 4.79 Å². The van der Waals surface area contributed by atoms with Crippen molar-refractivity contribution in [1.29, 1.82) is 0 Å². The molecule has 1 aromatic carbocycles. The molecule has 0 atom stereocenters. The van der Waals surface area contributed by atoms with Crippen molar-refractivity contribution in [2.45, 2.75) is 12.3 Å².